The van der Waals surface area contributed by atoms with Crippen molar-refractivity contribution < 1.29 is 0 Å². The second-order valence-electron chi connectivity index (χ2n) is 6.84. The van der Waals surface area contributed by atoms with Crippen LogP contribution in [0.25, 0.3) is 0 Å². The molecule has 0 aliphatic heterocycles. The number of nitrogens with one attached hydrogen (secondary N) is 1. The van der Waals surface area contributed by atoms with Crippen molar-refractivity contribution in [1.82, 2.24) is 5.43 Å². The maximum absolute atomic E-state index is 4.30. The van der Waals surface area contributed by atoms with Crippen LogP contribution in [0.1, 0.15) is 67.7 Å². The molecule has 2 aromatic carbocycles. The SMILES string of the molecule is CCCCCCCCc1ccc(CN/N=C/c2ccc(C)cc2)cc1. The highest BCUT2D eigenvalue weighted by Gasteiger charge is 1.96. The fourth-order valence-electron chi connectivity index (χ4n) is 2.84. The first-order chi connectivity index (χ1) is 12.3. The van der Waals surface area contributed by atoms with Crippen LogP contribution >= 0.6 is 0 Å². The lowest BCUT2D eigenvalue weighted by molar-refractivity contribution is 0.607. The van der Waals surface area contributed by atoms with Crippen LogP contribution in [0.3, 0.4) is 0 Å². The third kappa shape index (κ3) is 8.02. The highest BCUT2D eigenvalue weighted by molar-refractivity contribution is 5.79. The van der Waals surface area contributed by atoms with Crippen molar-refractivity contribution in [3.05, 3.63) is 70.8 Å². The molecule has 0 amide bonds. The lowest BCUT2D eigenvalue weighted by Gasteiger charge is -2.05. The van der Waals surface area contributed by atoms with E-state index < -0.39 is 0 Å². The molecule has 0 aromatic heterocycles. The molecular weight excluding hydrogens is 304 g/mol. The fourth-order valence-corrected chi connectivity index (χ4v) is 2.84. The summed E-state index contributed by atoms with van der Waals surface area (Å²) in [6.45, 7) is 5.12. The van der Waals surface area contributed by atoms with Crippen LogP contribution in [-0.2, 0) is 13.0 Å². The molecule has 0 unspecified atom stereocenters. The van der Waals surface area contributed by atoms with Crippen LogP contribution in [0.5, 0.6) is 0 Å². The first kappa shape index (κ1) is 19.2. The average molecular weight is 337 g/mol. The molecule has 0 aliphatic rings. The Morgan fingerprint density at radius 3 is 2.16 bits per heavy atom. The van der Waals surface area contributed by atoms with Gasteiger partial charge in [0, 0.05) is 0 Å². The molecule has 0 radical (unpaired) electrons. The molecule has 0 aliphatic carbocycles. The summed E-state index contributed by atoms with van der Waals surface area (Å²) in [6.07, 6.45) is 11.2. The van der Waals surface area contributed by atoms with Crippen molar-refractivity contribution in [3.63, 3.8) is 0 Å². The summed E-state index contributed by atoms with van der Waals surface area (Å²) in [6, 6.07) is 17.3. The van der Waals surface area contributed by atoms with Gasteiger partial charge in [-0.2, -0.15) is 5.10 Å². The van der Waals surface area contributed by atoms with E-state index in [9.17, 15) is 0 Å². The molecule has 2 aromatic rings. The Hall–Kier alpha value is -2.09. The minimum atomic E-state index is 0.764. The molecule has 2 heteroatoms. The average Bonchev–Trinajstić information content (AvgIpc) is 2.64. The maximum atomic E-state index is 4.30. The van der Waals surface area contributed by atoms with E-state index >= 15 is 0 Å². The highest BCUT2D eigenvalue weighted by atomic mass is 15.3. The predicted molar refractivity (Wildman–Crippen MR) is 109 cm³/mol. The van der Waals surface area contributed by atoms with Gasteiger partial charge in [-0.3, -0.25) is 0 Å². The number of benzene rings is 2. The number of hydrazone groups is 1. The largest absolute Gasteiger partial charge is 0.306 e. The van der Waals surface area contributed by atoms with Crippen LogP contribution in [0, 0.1) is 6.92 Å². The Bertz CT molecular complexity index is 612. The van der Waals surface area contributed by atoms with Gasteiger partial charge < -0.3 is 5.43 Å². The van der Waals surface area contributed by atoms with Gasteiger partial charge in [0.2, 0.25) is 0 Å². The van der Waals surface area contributed by atoms with Gasteiger partial charge in [-0.25, -0.2) is 0 Å². The monoisotopic (exact) mass is 336 g/mol. The van der Waals surface area contributed by atoms with Crippen LogP contribution in [0.15, 0.2) is 53.6 Å². The molecule has 0 bridgehead atoms. The summed E-state index contributed by atoms with van der Waals surface area (Å²) in [7, 11) is 0. The Morgan fingerprint density at radius 1 is 0.800 bits per heavy atom. The molecule has 0 fully saturated rings. The smallest absolute Gasteiger partial charge is 0.0580 e. The van der Waals surface area contributed by atoms with E-state index in [0.29, 0.717) is 0 Å². The predicted octanol–water partition coefficient (Wildman–Crippen LogP) is 6.02. The molecule has 134 valence electrons. The van der Waals surface area contributed by atoms with Crippen LogP contribution in [-0.4, -0.2) is 6.21 Å². The zero-order valence-electron chi connectivity index (χ0n) is 15.8. The van der Waals surface area contributed by atoms with Crippen LogP contribution < -0.4 is 5.43 Å². The van der Waals surface area contributed by atoms with Crippen molar-refractivity contribution >= 4 is 6.21 Å². The van der Waals surface area contributed by atoms with Crippen LogP contribution in [0.4, 0.5) is 0 Å². The molecule has 0 spiro atoms. The number of aryl methyl sites for hydroxylation is 2. The van der Waals surface area contributed by atoms with Crippen LogP contribution in [0.2, 0.25) is 0 Å². The molecule has 0 saturated heterocycles. The van der Waals surface area contributed by atoms with E-state index in [2.05, 4.69) is 72.9 Å². The first-order valence-electron chi connectivity index (χ1n) is 9.68. The van der Waals surface area contributed by atoms with E-state index in [1.807, 2.05) is 6.21 Å². The van der Waals surface area contributed by atoms with Gasteiger partial charge in [-0.15, -0.1) is 0 Å². The first-order valence-corrected chi connectivity index (χ1v) is 9.68. The van der Waals surface area contributed by atoms with Gasteiger partial charge in [0.25, 0.3) is 0 Å². The summed E-state index contributed by atoms with van der Waals surface area (Å²) in [5.41, 5.74) is 8.23. The van der Waals surface area contributed by atoms with Gasteiger partial charge in [0.15, 0.2) is 0 Å². The van der Waals surface area contributed by atoms with Gasteiger partial charge in [0.1, 0.15) is 0 Å². The van der Waals surface area contributed by atoms with Gasteiger partial charge in [-0.05, 0) is 36.5 Å². The molecule has 0 atom stereocenters. The molecule has 2 rings (SSSR count). The third-order valence-corrected chi connectivity index (χ3v) is 4.51. The third-order valence-electron chi connectivity index (χ3n) is 4.51. The molecule has 0 saturated carbocycles. The summed E-state index contributed by atoms with van der Waals surface area (Å²) in [4.78, 5) is 0. The lowest BCUT2D eigenvalue weighted by Crippen LogP contribution is -2.05. The Labute approximate surface area is 153 Å². The minimum absolute atomic E-state index is 0.764. The highest BCUT2D eigenvalue weighted by Crippen LogP contribution is 2.11. The zero-order valence-corrected chi connectivity index (χ0v) is 15.8. The number of hydrogen-bond acceptors (Lipinski definition) is 2. The van der Waals surface area contributed by atoms with Crippen molar-refractivity contribution in [2.24, 2.45) is 5.10 Å². The van der Waals surface area contributed by atoms with Gasteiger partial charge >= 0.3 is 0 Å². The second-order valence-corrected chi connectivity index (χ2v) is 6.84. The fraction of sp³-hybridized carbons (Fsp3) is 0.435. The minimum Gasteiger partial charge on any atom is -0.306 e. The summed E-state index contributed by atoms with van der Waals surface area (Å²) in [5, 5.41) is 4.30. The van der Waals surface area contributed by atoms with E-state index in [4.69, 9.17) is 0 Å². The standard InChI is InChI=1S/C23H32N2/c1-3-4-5-6-7-8-9-21-14-16-23(17-15-21)19-25-24-18-22-12-10-20(2)11-13-22/h10-18,25H,3-9,19H2,1-2H3/b24-18+. The zero-order chi connectivity index (χ0) is 17.7. The van der Waals surface area contributed by atoms with Crippen molar-refractivity contribution in [2.45, 2.75) is 65.3 Å². The normalized spacial score (nSPS) is 11.1. The summed E-state index contributed by atoms with van der Waals surface area (Å²) < 4.78 is 0. The van der Waals surface area contributed by atoms with E-state index in [1.54, 1.807) is 0 Å². The number of nitrogens with zero attached hydrogens (tertiary/aromatic N) is 1. The van der Waals surface area contributed by atoms with E-state index in [-0.39, 0.29) is 0 Å². The van der Waals surface area contributed by atoms with Crippen molar-refractivity contribution in [3.8, 4) is 0 Å². The molecule has 25 heavy (non-hydrogen) atoms. The van der Waals surface area contributed by atoms with Crippen molar-refractivity contribution in [2.75, 3.05) is 0 Å². The van der Waals surface area contributed by atoms with Crippen molar-refractivity contribution in [1.29, 1.82) is 0 Å². The topological polar surface area (TPSA) is 24.4 Å². The molecule has 0 heterocycles. The summed E-state index contributed by atoms with van der Waals surface area (Å²) in [5.74, 6) is 0. The number of hydrogen-bond donors (Lipinski definition) is 1. The Balaban J connectivity index is 1.65. The summed E-state index contributed by atoms with van der Waals surface area (Å²) >= 11 is 0. The molecular formula is C23H32N2. The molecule has 2 nitrogen and oxygen atoms in total. The van der Waals surface area contributed by atoms with Gasteiger partial charge in [-0.1, -0.05) is 93.1 Å². The van der Waals surface area contributed by atoms with E-state index in [1.165, 1.54) is 61.6 Å². The Kier molecular flexibility index (Phi) is 8.82. The Morgan fingerprint density at radius 2 is 1.44 bits per heavy atom. The second kappa shape index (κ2) is 11.5. The number of rotatable bonds is 11. The molecule has 1 N–H and O–H groups in total. The quantitative estimate of drug-likeness (QED) is 0.303. The van der Waals surface area contributed by atoms with E-state index in [0.717, 1.165) is 12.1 Å². The lowest BCUT2D eigenvalue weighted by atomic mass is 10.0. The number of unbranched alkanes of at least 4 members (excludes halogenated alkanes) is 5. The van der Waals surface area contributed by atoms with Gasteiger partial charge in [0.05, 0.1) is 12.8 Å². The maximum Gasteiger partial charge on any atom is 0.0580 e.